The first-order valence-electron chi connectivity index (χ1n) is 12.8. The molecule has 3 aromatic carbocycles. The van der Waals surface area contributed by atoms with Crippen LogP contribution in [0.5, 0.6) is 0 Å². The van der Waals surface area contributed by atoms with Gasteiger partial charge in [-0.15, -0.1) is 0 Å². The molecule has 45 heavy (non-hydrogen) atoms. The SMILES string of the molecule is [C-]#[N+]/C(C#N)=C1\N=c2ccc(-c3nc(/C(C#N)=C4/N=c5cc(C)c([N+]#[C-])cc5=N4)nc(-c4ccc(C#N)cc4)n3)c(C#N)c2=N1. The van der Waals surface area contributed by atoms with Crippen LogP contribution in [0.25, 0.3) is 38.0 Å². The predicted molar refractivity (Wildman–Crippen MR) is 154 cm³/mol. The summed E-state index contributed by atoms with van der Waals surface area (Å²) in [7, 11) is 0. The van der Waals surface area contributed by atoms with Crippen LogP contribution in [0.1, 0.15) is 22.5 Å². The third-order valence-corrected chi connectivity index (χ3v) is 6.72. The first-order chi connectivity index (χ1) is 21.9. The van der Waals surface area contributed by atoms with E-state index in [4.69, 9.17) is 13.1 Å². The highest BCUT2D eigenvalue weighted by atomic mass is 15.1. The lowest BCUT2D eigenvalue weighted by molar-refractivity contribution is 1.03. The average Bonchev–Trinajstić information content (AvgIpc) is 3.68. The Morgan fingerprint density at radius 3 is 2.09 bits per heavy atom. The van der Waals surface area contributed by atoms with Gasteiger partial charge < -0.3 is 0 Å². The van der Waals surface area contributed by atoms with Crippen molar-refractivity contribution in [1.82, 2.24) is 15.0 Å². The second-order valence-corrected chi connectivity index (χ2v) is 9.36. The van der Waals surface area contributed by atoms with E-state index in [0.717, 1.165) is 0 Å². The van der Waals surface area contributed by atoms with Crippen LogP contribution in [0, 0.1) is 65.4 Å². The van der Waals surface area contributed by atoms with Crippen LogP contribution >= 0.6 is 0 Å². The molecular weight excluding hydrogens is 566 g/mol. The number of hydrogen-bond donors (Lipinski definition) is 0. The molecule has 0 amide bonds. The van der Waals surface area contributed by atoms with Crippen molar-refractivity contribution in [3.63, 3.8) is 0 Å². The second-order valence-electron chi connectivity index (χ2n) is 9.36. The number of allylic oxidation sites excluding steroid dienone is 2. The fraction of sp³-hybridized carbons (Fsp3) is 0.0312. The molecule has 13 nitrogen and oxygen atoms in total. The summed E-state index contributed by atoms with van der Waals surface area (Å²) in [6, 6.07) is 20.9. The Hall–Kier alpha value is -7.71. The minimum absolute atomic E-state index is 0.0204. The number of benzene rings is 3. The number of nitriles is 4. The molecule has 0 saturated heterocycles. The fourth-order valence-electron chi connectivity index (χ4n) is 4.52. The third kappa shape index (κ3) is 4.70. The number of nitrogens with zero attached hydrogens (tertiary/aromatic N) is 13. The summed E-state index contributed by atoms with van der Waals surface area (Å²) >= 11 is 0. The van der Waals surface area contributed by atoms with Gasteiger partial charge >= 0.3 is 5.70 Å². The van der Waals surface area contributed by atoms with Crippen molar-refractivity contribution in [3.8, 4) is 47.1 Å². The third-order valence-electron chi connectivity index (χ3n) is 6.72. The zero-order chi connectivity index (χ0) is 31.7. The van der Waals surface area contributed by atoms with Crippen LogP contribution in [0.2, 0.25) is 0 Å². The van der Waals surface area contributed by atoms with Crippen molar-refractivity contribution in [1.29, 1.82) is 21.0 Å². The number of aryl methyl sites for hydroxylation is 1. The molecule has 13 heteroatoms. The molecule has 2 aliphatic rings. The highest BCUT2D eigenvalue weighted by Crippen LogP contribution is 2.26. The van der Waals surface area contributed by atoms with Gasteiger partial charge in [0.25, 0.3) is 0 Å². The molecule has 0 radical (unpaired) electrons. The van der Waals surface area contributed by atoms with Gasteiger partial charge in [0.1, 0.15) is 23.1 Å². The van der Waals surface area contributed by atoms with Crippen molar-refractivity contribution in [2.75, 3.05) is 0 Å². The van der Waals surface area contributed by atoms with Gasteiger partial charge in [-0.1, -0.05) is 0 Å². The van der Waals surface area contributed by atoms with Gasteiger partial charge in [-0.2, -0.15) is 15.8 Å². The van der Waals surface area contributed by atoms with Crippen LogP contribution < -0.4 is 21.4 Å². The lowest BCUT2D eigenvalue weighted by Gasteiger charge is -2.09. The highest BCUT2D eigenvalue weighted by Gasteiger charge is 2.22. The van der Waals surface area contributed by atoms with Crippen LogP contribution in [-0.2, 0) is 0 Å². The molecule has 0 atom stereocenters. The van der Waals surface area contributed by atoms with E-state index in [-0.39, 0.29) is 56.9 Å². The van der Waals surface area contributed by atoms with Crippen molar-refractivity contribution in [2.24, 2.45) is 20.0 Å². The van der Waals surface area contributed by atoms with Crippen molar-refractivity contribution < 1.29 is 0 Å². The van der Waals surface area contributed by atoms with E-state index in [1.54, 1.807) is 61.5 Å². The number of fused-ring (bicyclic) bond motifs is 2. The minimum Gasteiger partial charge on any atom is -0.238 e. The van der Waals surface area contributed by atoms with Crippen molar-refractivity contribution in [2.45, 2.75) is 6.92 Å². The van der Waals surface area contributed by atoms with E-state index >= 15 is 0 Å². The molecule has 0 fully saturated rings. The minimum atomic E-state index is -0.323. The molecule has 0 N–H and O–H groups in total. The summed E-state index contributed by atoms with van der Waals surface area (Å²) in [4.78, 5) is 37.8. The molecule has 0 aliphatic carbocycles. The van der Waals surface area contributed by atoms with Gasteiger partial charge in [-0.3, -0.25) is 0 Å². The Morgan fingerprint density at radius 2 is 1.44 bits per heavy atom. The lowest BCUT2D eigenvalue weighted by atomic mass is 10.1. The van der Waals surface area contributed by atoms with Gasteiger partial charge in [0.15, 0.2) is 34.8 Å². The summed E-state index contributed by atoms with van der Waals surface area (Å²) in [6.07, 6.45) is 0. The largest absolute Gasteiger partial charge is 0.305 e. The molecule has 0 saturated carbocycles. The molecular formula is C32H11N13. The number of aromatic nitrogens is 3. The van der Waals surface area contributed by atoms with Crippen molar-refractivity contribution in [3.05, 3.63) is 133 Å². The molecule has 0 unspecified atom stereocenters. The summed E-state index contributed by atoms with van der Waals surface area (Å²) in [5.41, 5.74) is 1.91. The van der Waals surface area contributed by atoms with Gasteiger partial charge in [0.05, 0.1) is 52.5 Å². The summed E-state index contributed by atoms with van der Waals surface area (Å²) in [5.74, 6) is 0.0135. The smallest absolute Gasteiger partial charge is 0.238 e. The maximum atomic E-state index is 10.3. The quantitative estimate of drug-likeness (QED) is 0.264. The van der Waals surface area contributed by atoms with Gasteiger partial charge in [0, 0.05) is 11.1 Å². The monoisotopic (exact) mass is 577 g/mol. The standard InChI is InChI=1S/C32H11N13/c1-16-10-24-25(11-23(16)37-2)41-30(40-24)21(14-35)31-44-28(18-6-4-17(12-33)5-7-18)43-29(45-31)19-8-9-22-27(20(19)13-34)42-32(39-22)26(15-36)38-3/h4-11H,1H3/b30-21-,32-26+. The molecule has 6 rings (SSSR count). The van der Waals surface area contributed by atoms with Crippen LogP contribution in [-0.4, -0.2) is 15.0 Å². The topological polar surface area (TPSA) is 192 Å². The average molecular weight is 578 g/mol. The summed E-state index contributed by atoms with van der Waals surface area (Å²) < 4.78 is 0. The maximum absolute atomic E-state index is 10.3. The van der Waals surface area contributed by atoms with Crippen LogP contribution in [0.15, 0.2) is 85.8 Å². The zero-order valence-electron chi connectivity index (χ0n) is 22.9. The van der Waals surface area contributed by atoms with Gasteiger partial charge in [0.2, 0.25) is 0 Å². The molecule has 1 aromatic heterocycles. The Labute approximate surface area is 253 Å². The van der Waals surface area contributed by atoms with E-state index in [1.165, 1.54) is 0 Å². The van der Waals surface area contributed by atoms with E-state index in [1.807, 2.05) is 0 Å². The maximum Gasteiger partial charge on any atom is 0.305 e. The normalized spacial score (nSPS) is 14.1. The number of hydrogen-bond acceptors (Lipinski definition) is 11. The molecule has 3 heterocycles. The molecule has 204 valence electrons. The van der Waals surface area contributed by atoms with E-state index in [2.05, 4.69) is 62.8 Å². The lowest BCUT2D eigenvalue weighted by Crippen LogP contribution is -2.25. The first kappa shape index (κ1) is 27.5. The Bertz CT molecular complexity index is 2590. The number of rotatable bonds is 3. The predicted octanol–water partition coefficient (Wildman–Crippen LogP) is 2.82. The molecule has 2 aliphatic heterocycles. The van der Waals surface area contributed by atoms with Crippen LogP contribution in [0.3, 0.4) is 0 Å². The highest BCUT2D eigenvalue weighted by molar-refractivity contribution is 5.78. The molecule has 0 spiro atoms. The fourth-order valence-corrected chi connectivity index (χ4v) is 4.52. The van der Waals surface area contributed by atoms with E-state index < -0.39 is 0 Å². The van der Waals surface area contributed by atoms with Crippen LogP contribution in [0.4, 0.5) is 5.69 Å². The summed E-state index contributed by atoms with van der Waals surface area (Å²) in [5, 5.41) is 40.3. The van der Waals surface area contributed by atoms with Gasteiger partial charge in [-0.05, 0) is 61.0 Å². The molecule has 4 aromatic rings. The second kappa shape index (κ2) is 10.9. The first-order valence-corrected chi connectivity index (χ1v) is 12.8. The van der Waals surface area contributed by atoms with E-state index in [0.29, 0.717) is 38.4 Å². The Kier molecular flexibility index (Phi) is 6.67. The van der Waals surface area contributed by atoms with E-state index in [9.17, 15) is 21.0 Å². The zero-order valence-corrected chi connectivity index (χ0v) is 22.9. The molecule has 0 bridgehead atoms. The Balaban J connectivity index is 1.62. The summed E-state index contributed by atoms with van der Waals surface area (Å²) in [6.45, 7) is 16.4. The Morgan fingerprint density at radius 1 is 0.733 bits per heavy atom. The van der Waals surface area contributed by atoms with Crippen molar-refractivity contribution >= 4 is 11.3 Å². The van der Waals surface area contributed by atoms with Gasteiger partial charge in [-0.25, -0.2) is 49.9 Å².